The van der Waals surface area contributed by atoms with Crippen LogP contribution in [0.3, 0.4) is 0 Å². The van der Waals surface area contributed by atoms with Gasteiger partial charge in [0.25, 0.3) is 0 Å². The van der Waals surface area contributed by atoms with E-state index in [4.69, 9.17) is 0 Å². The standard InChI is InChI=1S/C80H107I2N3/c1-5-9-12-15-18-21-24-27-30-33-36-43-52-83-77-51-50-63(69-58-65(81)60-73-67-46-39-41-48-75(67)84(79(69)73)53-44-37-34-31-28-25-22-19-16-13-10-6-2)56-71(77)72-57-64(55-62(8-4)78(72)83)70-59-66(82)61-74-68-47-40-42-49-76(68)85(80(70)74)54-45-38-35-32-29-26-23-20-17-14-11-7-3/h8,39-42,46-51,55-61H,4-7,9-38,43-45,52-54H2,1-3H3. The van der Waals surface area contributed by atoms with Gasteiger partial charge in [-0.2, -0.15) is 0 Å². The monoisotopic (exact) mass is 1360 g/mol. The molecule has 0 N–H and O–H groups in total. The van der Waals surface area contributed by atoms with E-state index in [2.05, 4.69) is 195 Å². The number of para-hydroxylation sites is 2. The number of aromatic nitrogens is 3. The molecule has 0 aliphatic heterocycles. The van der Waals surface area contributed by atoms with E-state index < -0.39 is 0 Å². The molecule has 0 bridgehead atoms. The first kappa shape index (κ1) is 65.4. The van der Waals surface area contributed by atoms with Gasteiger partial charge in [0.1, 0.15) is 0 Å². The van der Waals surface area contributed by atoms with Crippen molar-refractivity contribution in [3.8, 4) is 22.3 Å². The molecular formula is C80H107I2N3. The summed E-state index contributed by atoms with van der Waals surface area (Å²) < 4.78 is 10.7. The zero-order chi connectivity index (χ0) is 59.0. The number of halogens is 2. The second-order valence-electron chi connectivity index (χ2n) is 25.8. The van der Waals surface area contributed by atoms with Crippen LogP contribution in [0.4, 0.5) is 0 Å². The Bertz CT molecular complexity index is 3490. The largest absolute Gasteiger partial charge is 0.340 e. The lowest BCUT2D eigenvalue weighted by molar-refractivity contribution is 0.533. The molecule has 0 unspecified atom stereocenters. The smallest absolute Gasteiger partial charge is 0.0571 e. The van der Waals surface area contributed by atoms with Gasteiger partial charge in [-0.3, -0.25) is 0 Å². The van der Waals surface area contributed by atoms with Crippen molar-refractivity contribution in [2.45, 2.75) is 272 Å². The van der Waals surface area contributed by atoms with Gasteiger partial charge in [-0.05, 0) is 142 Å². The molecule has 0 saturated heterocycles. The molecule has 0 atom stereocenters. The van der Waals surface area contributed by atoms with E-state index in [1.165, 1.54) is 332 Å². The first-order valence-corrected chi connectivity index (χ1v) is 37.3. The minimum Gasteiger partial charge on any atom is -0.340 e. The molecule has 9 rings (SSSR count). The third-order valence-electron chi connectivity index (χ3n) is 19.2. The lowest BCUT2D eigenvalue weighted by atomic mass is 9.96. The quantitative estimate of drug-likeness (QED) is 0.0268. The summed E-state index contributed by atoms with van der Waals surface area (Å²) >= 11 is 5.18. The third-order valence-corrected chi connectivity index (χ3v) is 20.4. The van der Waals surface area contributed by atoms with E-state index in [0.29, 0.717) is 0 Å². The fraction of sp³-hybridized carbons (Fsp3) is 0.525. The first-order valence-electron chi connectivity index (χ1n) is 35.1. The molecule has 0 amide bonds. The van der Waals surface area contributed by atoms with Gasteiger partial charge in [0, 0.05) is 86.8 Å². The fourth-order valence-electron chi connectivity index (χ4n) is 14.5. The van der Waals surface area contributed by atoms with Crippen LogP contribution in [0.25, 0.3) is 93.7 Å². The summed E-state index contributed by atoms with van der Waals surface area (Å²) in [7, 11) is 0. The lowest BCUT2D eigenvalue weighted by Gasteiger charge is -2.14. The van der Waals surface area contributed by atoms with Crippen molar-refractivity contribution < 1.29 is 0 Å². The van der Waals surface area contributed by atoms with Gasteiger partial charge in [0.2, 0.25) is 0 Å². The Morgan fingerprint density at radius 2 is 0.624 bits per heavy atom. The number of hydrogen-bond acceptors (Lipinski definition) is 0. The van der Waals surface area contributed by atoms with Crippen molar-refractivity contribution in [3.63, 3.8) is 0 Å². The van der Waals surface area contributed by atoms with Crippen LogP contribution < -0.4 is 0 Å². The molecule has 6 aromatic carbocycles. The predicted octanol–water partition coefficient (Wildman–Crippen LogP) is 27.3. The van der Waals surface area contributed by atoms with Crippen LogP contribution in [0.1, 0.15) is 257 Å². The van der Waals surface area contributed by atoms with Crippen molar-refractivity contribution in [3.05, 3.63) is 122 Å². The van der Waals surface area contributed by atoms with Gasteiger partial charge in [-0.15, -0.1) is 0 Å². The molecular weight excluding hydrogens is 1260 g/mol. The summed E-state index contributed by atoms with van der Waals surface area (Å²) in [4.78, 5) is 0. The Hall–Kier alpha value is -4.08. The molecule has 9 aromatic rings. The highest BCUT2D eigenvalue weighted by molar-refractivity contribution is 14.1. The average Bonchev–Trinajstić information content (AvgIpc) is 1.71. The fourth-order valence-corrected chi connectivity index (χ4v) is 15.8. The number of unbranched alkanes of at least 4 members (excludes halogenated alkanes) is 33. The van der Waals surface area contributed by atoms with Crippen molar-refractivity contribution in [2.75, 3.05) is 0 Å². The van der Waals surface area contributed by atoms with Gasteiger partial charge >= 0.3 is 0 Å². The second-order valence-corrected chi connectivity index (χ2v) is 28.2. The van der Waals surface area contributed by atoms with Crippen LogP contribution >= 0.6 is 45.2 Å². The molecule has 5 heteroatoms. The number of hydrogen-bond donors (Lipinski definition) is 0. The van der Waals surface area contributed by atoms with Crippen LogP contribution in [-0.2, 0) is 19.6 Å². The number of rotatable bonds is 42. The summed E-state index contributed by atoms with van der Waals surface area (Å²) in [5.41, 5.74) is 14.7. The second kappa shape index (κ2) is 35.2. The highest BCUT2D eigenvalue weighted by Crippen LogP contribution is 2.44. The summed E-state index contributed by atoms with van der Waals surface area (Å²) in [5, 5.41) is 8.18. The zero-order valence-corrected chi connectivity index (χ0v) is 57.6. The Labute approximate surface area is 542 Å². The van der Waals surface area contributed by atoms with Crippen LogP contribution in [-0.4, -0.2) is 13.7 Å². The SMILES string of the molecule is C=Cc1cc(-c2cc(I)cc3c4ccccc4n(CCCCCCCCCCCCCC)c23)cc2c3cc(-c4cc(I)cc5c6ccccc6n(CCCCCCCCCCCCCC)c45)ccc3n(CCCCCCCCCCCCCC)c12. The van der Waals surface area contributed by atoms with Crippen LogP contribution in [0.2, 0.25) is 0 Å². The summed E-state index contributed by atoms with van der Waals surface area (Å²) in [6, 6.07) is 40.9. The van der Waals surface area contributed by atoms with Gasteiger partial charge < -0.3 is 13.7 Å². The molecule has 456 valence electrons. The molecule has 85 heavy (non-hydrogen) atoms. The van der Waals surface area contributed by atoms with E-state index in [9.17, 15) is 0 Å². The van der Waals surface area contributed by atoms with Crippen molar-refractivity contribution >= 4 is 117 Å². The Kier molecular flexibility index (Phi) is 27.1. The molecule has 0 radical (unpaired) electrons. The van der Waals surface area contributed by atoms with Gasteiger partial charge in [0.05, 0.1) is 16.6 Å². The maximum absolute atomic E-state index is 4.60. The third kappa shape index (κ3) is 17.4. The highest BCUT2D eigenvalue weighted by Gasteiger charge is 2.22. The maximum atomic E-state index is 4.60. The minimum absolute atomic E-state index is 1.01. The van der Waals surface area contributed by atoms with E-state index in [0.717, 1.165) is 19.6 Å². The van der Waals surface area contributed by atoms with Gasteiger partial charge in [-0.1, -0.05) is 288 Å². The molecule has 0 aliphatic carbocycles. The normalized spacial score (nSPS) is 12.1. The van der Waals surface area contributed by atoms with Crippen molar-refractivity contribution in [2.24, 2.45) is 0 Å². The Morgan fingerprint density at radius 3 is 1.01 bits per heavy atom. The topological polar surface area (TPSA) is 14.8 Å². The van der Waals surface area contributed by atoms with Gasteiger partial charge in [-0.25, -0.2) is 0 Å². The van der Waals surface area contributed by atoms with Crippen LogP contribution in [0, 0.1) is 7.14 Å². The number of nitrogens with zero attached hydrogens (tertiary/aromatic N) is 3. The van der Waals surface area contributed by atoms with E-state index in [1.54, 1.807) is 0 Å². The van der Waals surface area contributed by atoms with Gasteiger partial charge in [0.15, 0.2) is 0 Å². The maximum Gasteiger partial charge on any atom is 0.0571 e. The molecule has 3 heterocycles. The number of benzene rings is 6. The molecule has 0 aliphatic rings. The van der Waals surface area contributed by atoms with E-state index in [1.807, 2.05) is 0 Å². The summed E-state index contributed by atoms with van der Waals surface area (Å²) in [6.45, 7) is 14.6. The predicted molar refractivity (Wildman–Crippen MR) is 395 cm³/mol. The Balaban J connectivity index is 1.04. The van der Waals surface area contributed by atoms with Crippen molar-refractivity contribution in [1.82, 2.24) is 13.7 Å². The van der Waals surface area contributed by atoms with E-state index >= 15 is 0 Å². The van der Waals surface area contributed by atoms with Crippen LogP contribution in [0.15, 0.2) is 110 Å². The number of aryl methyl sites for hydroxylation is 3. The van der Waals surface area contributed by atoms with Crippen molar-refractivity contribution in [1.29, 1.82) is 0 Å². The zero-order valence-electron chi connectivity index (χ0n) is 53.3. The van der Waals surface area contributed by atoms with Crippen LogP contribution in [0.5, 0.6) is 0 Å². The molecule has 0 spiro atoms. The number of fused-ring (bicyclic) bond motifs is 9. The summed E-state index contributed by atoms with van der Waals surface area (Å²) in [5.74, 6) is 0. The lowest BCUT2D eigenvalue weighted by Crippen LogP contribution is -2.01. The van der Waals surface area contributed by atoms with E-state index in [-0.39, 0.29) is 0 Å². The minimum atomic E-state index is 1.01. The highest BCUT2D eigenvalue weighted by atomic mass is 127. The molecule has 0 saturated carbocycles. The first-order chi connectivity index (χ1) is 41.9. The Morgan fingerprint density at radius 1 is 0.306 bits per heavy atom. The molecule has 0 fully saturated rings. The summed E-state index contributed by atoms with van der Waals surface area (Å²) in [6.07, 6.45) is 51.2. The molecule has 3 aromatic heterocycles. The average molecular weight is 1360 g/mol. The molecule has 3 nitrogen and oxygen atoms in total.